The molecule has 1 aliphatic carbocycles. The molecule has 3 aliphatic rings. The Morgan fingerprint density at radius 2 is 2.10 bits per heavy atom. The molecule has 114 valence electrons. The molecule has 5 heteroatoms. The molecule has 2 saturated heterocycles. The van der Waals surface area contributed by atoms with Crippen LogP contribution in [-0.2, 0) is 14.3 Å². The molecule has 1 saturated carbocycles. The van der Waals surface area contributed by atoms with E-state index in [0.29, 0.717) is 19.8 Å². The number of morpholine rings is 1. The van der Waals surface area contributed by atoms with E-state index in [4.69, 9.17) is 15.2 Å². The monoisotopic (exact) mass is 282 g/mol. The van der Waals surface area contributed by atoms with Gasteiger partial charge in [0.2, 0.25) is 5.91 Å². The van der Waals surface area contributed by atoms with Gasteiger partial charge in [-0.2, -0.15) is 0 Å². The zero-order valence-electron chi connectivity index (χ0n) is 12.7. The minimum atomic E-state index is -0.788. The van der Waals surface area contributed by atoms with Crippen LogP contribution >= 0.6 is 0 Å². The highest BCUT2D eigenvalue weighted by molar-refractivity contribution is 5.90. The first kappa shape index (κ1) is 14.3. The fourth-order valence-electron chi connectivity index (χ4n) is 4.28. The summed E-state index contributed by atoms with van der Waals surface area (Å²) in [6.45, 7) is 8.83. The molecule has 4 atom stereocenters. The van der Waals surface area contributed by atoms with Gasteiger partial charge in [-0.05, 0) is 19.8 Å². The quantitative estimate of drug-likeness (QED) is 0.771. The normalized spacial score (nSPS) is 43.6. The van der Waals surface area contributed by atoms with E-state index >= 15 is 0 Å². The summed E-state index contributed by atoms with van der Waals surface area (Å²) in [7, 11) is 0. The molecule has 0 spiro atoms. The Hall–Kier alpha value is -0.650. The van der Waals surface area contributed by atoms with Gasteiger partial charge in [0, 0.05) is 24.5 Å². The fraction of sp³-hybridized carbons (Fsp3) is 0.933. The smallest absolute Gasteiger partial charge is 0.244 e. The highest BCUT2D eigenvalue weighted by Crippen LogP contribution is 2.58. The molecular weight excluding hydrogens is 256 g/mol. The maximum absolute atomic E-state index is 13.1. The van der Waals surface area contributed by atoms with Crippen LogP contribution in [0, 0.1) is 11.3 Å². The second-order valence-corrected chi connectivity index (χ2v) is 7.05. The van der Waals surface area contributed by atoms with E-state index in [9.17, 15) is 4.79 Å². The van der Waals surface area contributed by atoms with Crippen molar-refractivity contribution in [3.63, 3.8) is 0 Å². The number of nitrogens with zero attached hydrogens (tertiary/aromatic N) is 1. The average Bonchev–Trinajstić information content (AvgIpc) is 2.46. The van der Waals surface area contributed by atoms with Crippen LogP contribution in [0.2, 0.25) is 0 Å². The average molecular weight is 282 g/mol. The predicted molar refractivity (Wildman–Crippen MR) is 75.2 cm³/mol. The molecule has 1 amide bonds. The van der Waals surface area contributed by atoms with Crippen LogP contribution in [0.1, 0.15) is 33.6 Å². The van der Waals surface area contributed by atoms with E-state index in [2.05, 4.69) is 13.8 Å². The number of fused-ring (bicyclic) bond motifs is 1. The third-order valence-corrected chi connectivity index (χ3v) is 5.67. The summed E-state index contributed by atoms with van der Waals surface area (Å²) in [6.07, 6.45) is 2.12. The predicted octanol–water partition coefficient (Wildman–Crippen LogP) is 0.766. The molecule has 3 fully saturated rings. The zero-order valence-corrected chi connectivity index (χ0v) is 12.7. The van der Waals surface area contributed by atoms with Crippen molar-refractivity contribution in [2.45, 2.75) is 51.3 Å². The highest BCUT2D eigenvalue weighted by atomic mass is 16.5. The van der Waals surface area contributed by atoms with Gasteiger partial charge in [-0.3, -0.25) is 4.79 Å². The molecule has 2 aliphatic heterocycles. The molecule has 2 heterocycles. The van der Waals surface area contributed by atoms with E-state index in [-0.39, 0.29) is 29.4 Å². The highest BCUT2D eigenvalue weighted by Gasteiger charge is 2.71. The number of amides is 1. The fourth-order valence-corrected chi connectivity index (χ4v) is 4.28. The lowest BCUT2D eigenvalue weighted by Gasteiger charge is -2.66. The number of ether oxygens (including phenoxy) is 2. The summed E-state index contributed by atoms with van der Waals surface area (Å²) in [5, 5.41) is 0. The summed E-state index contributed by atoms with van der Waals surface area (Å²) in [6, 6.07) is 0.107. The first-order valence-corrected chi connectivity index (χ1v) is 7.70. The molecule has 20 heavy (non-hydrogen) atoms. The van der Waals surface area contributed by atoms with E-state index < -0.39 is 5.54 Å². The Bertz CT molecular complexity index is 412. The topological polar surface area (TPSA) is 64.8 Å². The minimum absolute atomic E-state index is 0.0880. The van der Waals surface area contributed by atoms with Crippen molar-refractivity contribution in [3.8, 4) is 0 Å². The maximum Gasteiger partial charge on any atom is 0.244 e. The van der Waals surface area contributed by atoms with E-state index in [1.165, 1.54) is 0 Å². The molecular formula is C15H26N2O3. The van der Waals surface area contributed by atoms with Gasteiger partial charge in [-0.15, -0.1) is 0 Å². The molecule has 0 bridgehead atoms. The number of carbonyl (C=O) groups is 1. The van der Waals surface area contributed by atoms with Crippen molar-refractivity contribution in [1.29, 1.82) is 0 Å². The Kier molecular flexibility index (Phi) is 3.35. The third kappa shape index (κ3) is 1.69. The number of carbonyl (C=O) groups excluding carboxylic acids is 1. The first-order chi connectivity index (χ1) is 9.40. The van der Waals surface area contributed by atoms with Crippen LogP contribution in [0.15, 0.2) is 0 Å². The Morgan fingerprint density at radius 3 is 2.80 bits per heavy atom. The van der Waals surface area contributed by atoms with Gasteiger partial charge in [0.1, 0.15) is 5.54 Å². The summed E-state index contributed by atoms with van der Waals surface area (Å²) in [4.78, 5) is 15.0. The van der Waals surface area contributed by atoms with E-state index in [0.717, 1.165) is 19.4 Å². The summed E-state index contributed by atoms with van der Waals surface area (Å²) >= 11 is 0. The zero-order chi connectivity index (χ0) is 14.5. The summed E-state index contributed by atoms with van der Waals surface area (Å²) < 4.78 is 11.3. The second kappa shape index (κ2) is 4.68. The number of rotatable bonds is 1. The number of hydrogen-bond donors (Lipinski definition) is 1. The van der Waals surface area contributed by atoms with Crippen molar-refractivity contribution < 1.29 is 14.3 Å². The van der Waals surface area contributed by atoms with E-state index in [1.807, 2.05) is 11.8 Å². The molecule has 0 aromatic rings. The van der Waals surface area contributed by atoms with Crippen molar-refractivity contribution in [2.24, 2.45) is 17.1 Å². The van der Waals surface area contributed by atoms with Crippen LogP contribution in [0.3, 0.4) is 0 Å². The SMILES string of the molecule is CC1COCCN1C(=O)C1(N)C2CCCOC2C1(C)C. The minimum Gasteiger partial charge on any atom is -0.377 e. The van der Waals surface area contributed by atoms with E-state index in [1.54, 1.807) is 0 Å². The summed E-state index contributed by atoms with van der Waals surface area (Å²) in [5.41, 5.74) is 5.57. The molecule has 4 unspecified atom stereocenters. The third-order valence-electron chi connectivity index (χ3n) is 5.67. The maximum atomic E-state index is 13.1. The van der Waals surface area contributed by atoms with Crippen LogP contribution in [-0.4, -0.2) is 54.9 Å². The first-order valence-electron chi connectivity index (χ1n) is 7.70. The van der Waals surface area contributed by atoms with Crippen LogP contribution in [0.25, 0.3) is 0 Å². The number of nitrogens with two attached hydrogens (primary N) is 1. The second-order valence-electron chi connectivity index (χ2n) is 7.05. The number of hydrogen-bond acceptors (Lipinski definition) is 4. The van der Waals surface area contributed by atoms with Gasteiger partial charge in [0.15, 0.2) is 0 Å². The van der Waals surface area contributed by atoms with Gasteiger partial charge in [-0.25, -0.2) is 0 Å². The molecule has 0 radical (unpaired) electrons. The Morgan fingerprint density at radius 1 is 1.35 bits per heavy atom. The lowest BCUT2D eigenvalue weighted by molar-refractivity contribution is -0.232. The van der Waals surface area contributed by atoms with Crippen LogP contribution in [0.4, 0.5) is 0 Å². The van der Waals surface area contributed by atoms with Crippen molar-refractivity contribution >= 4 is 5.91 Å². The van der Waals surface area contributed by atoms with Gasteiger partial charge in [0.05, 0.1) is 25.4 Å². The summed E-state index contributed by atoms with van der Waals surface area (Å²) in [5.74, 6) is 0.249. The molecule has 2 N–H and O–H groups in total. The molecule has 0 aromatic carbocycles. The van der Waals surface area contributed by atoms with Crippen molar-refractivity contribution in [3.05, 3.63) is 0 Å². The van der Waals surface area contributed by atoms with Gasteiger partial charge in [0.25, 0.3) is 0 Å². The van der Waals surface area contributed by atoms with Gasteiger partial charge < -0.3 is 20.1 Å². The Balaban J connectivity index is 1.85. The van der Waals surface area contributed by atoms with Crippen LogP contribution in [0.5, 0.6) is 0 Å². The molecule has 5 nitrogen and oxygen atoms in total. The Labute approximate surface area is 120 Å². The molecule has 0 aromatic heterocycles. The lowest BCUT2D eigenvalue weighted by Crippen LogP contribution is -2.83. The van der Waals surface area contributed by atoms with Crippen LogP contribution < -0.4 is 5.73 Å². The van der Waals surface area contributed by atoms with Gasteiger partial charge >= 0.3 is 0 Å². The lowest BCUT2D eigenvalue weighted by atomic mass is 9.46. The van der Waals surface area contributed by atoms with Crippen molar-refractivity contribution in [2.75, 3.05) is 26.4 Å². The standard InChI is InChI=1S/C15H26N2O3/c1-10-9-19-8-6-17(10)13(18)15(16)11-5-4-7-20-12(11)14(15,2)3/h10-12H,4-9,16H2,1-3H3. The van der Waals surface area contributed by atoms with Gasteiger partial charge in [-0.1, -0.05) is 13.8 Å². The largest absolute Gasteiger partial charge is 0.377 e. The molecule has 3 rings (SSSR count). The van der Waals surface area contributed by atoms with Crippen molar-refractivity contribution in [1.82, 2.24) is 4.90 Å².